The first-order valence-corrected chi connectivity index (χ1v) is 6.31. The summed E-state index contributed by atoms with van der Waals surface area (Å²) < 4.78 is 5.27. The number of hydrogen-bond acceptors (Lipinski definition) is 4. The number of furan rings is 1. The molecule has 0 bridgehead atoms. The van der Waals surface area contributed by atoms with Crippen LogP contribution in [0.3, 0.4) is 0 Å². The summed E-state index contributed by atoms with van der Waals surface area (Å²) in [7, 11) is 0. The molecular weight excluding hydrogens is 254 g/mol. The maximum Gasteiger partial charge on any atom is 0.222 e. The van der Waals surface area contributed by atoms with Gasteiger partial charge in [-0.15, -0.1) is 0 Å². The van der Waals surface area contributed by atoms with Gasteiger partial charge in [-0.1, -0.05) is 6.07 Å². The van der Waals surface area contributed by atoms with Crippen molar-refractivity contribution < 1.29 is 14.3 Å². The molecular formula is C16H17NO3. The van der Waals surface area contributed by atoms with E-state index in [4.69, 9.17) is 4.42 Å². The highest BCUT2D eigenvalue weighted by molar-refractivity contribution is 6.03. The van der Waals surface area contributed by atoms with E-state index in [2.05, 4.69) is 5.32 Å². The van der Waals surface area contributed by atoms with Crippen LogP contribution in [0.2, 0.25) is 0 Å². The topological polar surface area (TPSA) is 62.5 Å². The first-order valence-electron chi connectivity index (χ1n) is 6.31. The minimum atomic E-state index is -0.213. The lowest BCUT2D eigenvalue weighted by Crippen LogP contribution is -2.01. The van der Waals surface area contributed by atoms with Crippen molar-refractivity contribution in [3.63, 3.8) is 0 Å². The Morgan fingerprint density at radius 2 is 2.00 bits per heavy atom. The van der Waals surface area contributed by atoms with Crippen molar-refractivity contribution in [2.45, 2.75) is 20.8 Å². The van der Waals surface area contributed by atoms with Gasteiger partial charge in [0.2, 0.25) is 5.78 Å². The van der Waals surface area contributed by atoms with Crippen LogP contribution < -0.4 is 5.32 Å². The summed E-state index contributed by atoms with van der Waals surface area (Å²) in [5.41, 5.74) is 2.22. The number of allylic oxidation sites excluding steroid dienone is 2. The SMILES string of the molecule is C/C(=C\C(=O)c1ccc(C)o1)Nc1cc(C)ccc1O. The van der Waals surface area contributed by atoms with E-state index in [1.807, 2.05) is 19.1 Å². The molecule has 0 amide bonds. The van der Waals surface area contributed by atoms with E-state index in [0.29, 0.717) is 22.9 Å². The van der Waals surface area contributed by atoms with Crippen molar-refractivity contribution in [2.24, 2.45) is 0 Å². The second kappa shape index (κ2) is 5.65. The van der Waals surface area contributed by atoms with Crippen molar-refractivity contribution >= 4 is 11.5 Å². The molecule has 0 saturated heterocycles. The summed E-state index contributed by atoms with van der Waals surface area (Å²) in [6.45, 7) is 5.48. The number of hydrogen-bond donors (Lipinski definition) is 2. The Morgan fingerprint density at radius 3 is 2.65 bits per heavy atom. The lowest BCUT2D eigenvalue weighted by molar-refractivity contribution is 0.102. The van der Waals surface area contributed by atoms with E-state index in [-0.39, 0.29) is 11.5 Å². The summed E-state index contributed by atoms with van der Waals surface area (Å²) in [5.74, 6) is 0.931. The Hall–Kier alpha value is -2.49. The Morgan fingerprint density at radius 1 is 1.25 bits per heavy atom. The maximum absolute atomic E-state index is 11.9. The van der Waals surface area contributed by atoms with Crippen LogP contribution in [0.1, 0.15) is 28.8 Å². The quantitative estimate of drug-likeness (QED) is 0.504. The van der Waals surface area contributed by atoms with Gasteiger partial charge in [-0.2, -0.15) is 0 Å². The molecule has 1 heterocycles. The third-order valence-corrected chi connectivity index (χ3v) is 2.81. The molecule has 0 atom stereocenters. The molecule has 1 aromatic heterocycles. The van der Waals surface area contributed by atoms with E-state index in [1.54, 1.807) is 32.0 Å². The number of ketones is 1. The predicted molar refractivity (Wildman–Crippen MR) is 78.0 cm³/mol. The molecule has 4 nitrogen and oxygen atoms in total. The number of aromatic hydroxyl groups is 1. The molecule has 20 heavy (non-hydrogen) atoms. The Balaban J connectivity index is 2.15. The smallest absolute Gasteiger partial charge is 0.222 e. The third kappa shape index (κ3) is 3.29. The summed E-state index contributed by atoms with van der Waals surface area (Å²) in [5, 5.41) is 12.8. The van der Waals surface area contributed by atoms with Gasteiger partial charge in [0.05, 0.1) is 5.69 Å². The second-order valence-electron chi connectivity index (χ2n) is 4.75. The van der Waals surface area contributed by atoms with Crippen LogP contribution in [0.4, 0.5) is 5.69 Å². The number of phenolic OH excluding ortho intramolecular Hbond substituents is 1. The minimum absolute atomic E-state index is 0.143. The van der Waals surface area contributed by atoms with Gasteiger partial charge in [-0.3, -0.25) is 4.79 Å². The van der Waals surface area contributed by atoms with Gasteiger partial charge in [0.1, 0.15) is 11.5 Å². The van der Waals surface area contributed by atoms with E-state index in [1.165, 1.54) is 6.08 Å². The van der Waals surface area contributed by atoms with E-state index in [0.717, 1.165) is 5.56 Å². The standard InChI is InChI=1S/C16H17NO3/c1-10-4-6-14(18)13(8-10)17-11(2)9-15(19)16-7-5-12(3)20-16/h4-9,17-18H,1-3H3/b11-9+. The maximum atomic E-state index is 11.9. The van der Waals surface area contributed by atoms with Crippen LogP contribution in [0.5, 0.6) is 5.75 Å². The number of benzene rings is 1. The third-order valence-electron chi connectivity index (χ3n) is 2.81. The highest BCUT2D eigenvalue weighted by atomic mass is 16.3. The molecule has 4 heteroatoms. The van der Waals surface area contributed by atoms with Crippen molar-refractivity contribution in [1.82, 2.24) is 0 Å². The van der Waals surface area contributed by atoms with Crippen molar-refractivity contribution in [3.05, 3.63) is 59.2 Å². The zero-order valence-corrected chi connectivity index (χ0v) is 11.7. The molecule has 2 aromatic rings. The summed E-state index contributed by atoms with van der Waals surface area (Å²) in [6.07, 6.45) is 1.44. The van der Waals surface area contributed by atoms with Gasteiger partial charge in [0.15, 0.2) is 5.76 Å². The van der Waals surface area contributed by atoms with Gasteiger partial charge in [0.25, 0.3) is 0 Å². The average molecular weight is 271 g/mol. The Labute approximate surface area is 117 Å². The Kier molecular flexibility index (Phi) is 3.94. The fourth-order valence-corrected chi connectivity index (χ4v) is 1.83. The van der Waals surface area contributed by atoms with Crippen LogP contribution in [0, 0.1) is 13.8 Å². The zero-order valence-electron chi connectivity index (χ0n) is 11.7. The van der Waals surface area contributed by atoms with E-state index in [9.17, 15) is 9.90 Å². The molecule has 1 aromatic carbocycles. The Bertz CT molecular complexity index is 668. The van der Waals surface area contributed by atoms with Gasteiger partial charge in [-0.05, 0) is 50.6 Å². The number of nitrogens with one attached hydrogen (secondary N) is 1. The van der Waals surface area contributed by atoms with Gasteiger partial charge in [0, 0.05) is 11.8 Å². The predicted octanol–water partition coefficient (Wildman–Crippen LogP) is 3.80. The van der Waals surface area contributed by atoms with Crippen LogP contribution in [0.25, 0.3) is 0 Å². The normalized spacial score (nSPS) is 11.4. The van der Waals surface area contributed by atoms with Gasteiger partial charge < -0.3 is 14.8 Å². The fourth-order valence-electron chi connectivity index (χ4n) is 1.83. The fraction of sp³-hybridized carbons (Fsp3) is 0.188. The van der Waals surface area contributed by atoms with Crippen LogP contribution in [-0.2, 0) is 0 Å². The highest BCUT2D eigenvalue weighted by Crippen LogP contribution is 2.25. The molecule has 0 aliphatic rings. The van der Waals surface area contributed by atoms with E-state index >= 15 is 0 Å². The van der Waals surface area contributed by atoms with Gasteiger partial charge >= 0.3 is 0 Å². The molecule has 0 unspecified atom stereocenters. The zero-order chi connectivity index (χ0) is 14.7. The number of anilines is 1. The first kappa shape index (κ1) is 13.9. The highest BCUT2D eigenvalue weighted by Gasteiger charge is 2.08. The lowest BCUT2D eigenvalue weighted by Gasteiger charge is -2.09. The second-order valence-corrected chi connectivity index (χ2v) is 4.75. The van der Waals surface area contributed by atoms with Crippen LogP contribution >= 0.6 is 0 Å². The van der Waals surface area contributed by atoms with Crippen molar-refractivity contribution in [2.75, 3.05) is 5.32 Å². The number of carbonyl (C=O) groups excluding carboxylic acids is 1. The van der Waals surface area contributed by atoms with E-state index < -0.39 is 0 Å². The monoisotopic (exact) mass is 271 g/mol. The van der Waals surface area contributed by atoms with Crippen LogP contribution in [0.15, 0.2) is 46.5 Å². The minimum Gasteiger partial charge on any atom is -0.506 e. The lowest BCUT2D eigenvalue weighted by atomic mass is 10.2. The largest absolute Gasteiger partial charge is 0.506 e. The number of carbonyl (C=O) groups is 1. The number of rotatable bonds is 4. The van der Waals surface area contributed by atoms with Crippen molar-refractivity contribution in [3.8, 4) is 5.75 Å². The van der Waals surface area contributed by atoms with Crippen molar-refractivity contribution in [1.29, 1.82) is 0 Å². The van der Waals surface area contributed by atoms with Gasteiger partial charge in [-0.25, -0.2) is 0 Å². The molecule has 0 aliphatic carbocycles. The number of aryl methyl sites for hydroxylation is 2. The summed E-state index contributed by atoms with van der Waals surface area (Å²) in [4.78, 5) is 11.9. The first-order chi connectivity index (χ1) is 9.45. The molecule has 104 valence electrons. The molecule has 0 fully saturated rings. The molecule has 0 aliphatic heterocycles. The summed E-state index contributed by atoms with van der Waals surface area (Å²) in [6, 6.07) is 8.63. The molecule has 2 rings (SSSR count). The molecule has 0 radical (unpaired) electrons. The number of phenols is 1. The molecule has 0 saturated carbocycles. The molecule has 0 spiro atoms. The summed E-state index contributed by atoms with van der Waals surface area (Å²) >= 11 is 0. The average Bonchev–Trinajstić information content (AvgIpc) is 2.80. The van der Waals surface area contributed by atoms with Crippen LogP contribution in [-0.4, -0.2) is 10.9 Å². The molecule has 2 N–H and O–H groups in total.